The predicted molar refractivity (Wildman–Crippen MR) is 136 cm³/mol. The number of pyridine rings is 1. The summed E-state index contributed by atoms with van der Waals surface area (Å²) in [4.78, 5) is 41.8. The van der Waals surface area contributed by atoms with Crippen LogP contribution in [0.25, 0.3) is 0 Å². The Morgan fingerprint density at radius 1 is 1.03 bits per heavy atom. The lowest BCUT2D eigenvalue weighted by molar-refractivity contribution is -0.122. The Kier molecular flexibility index (Phi) is 9.50. The number of aromatic nitrogens is 3. The van der Waals surface area contributed by atoms with Crippen molar-refractivity contribution in [2.24, 2.45) is 0 Å². The highest BCUT2D eigenvalue weighted by Crippen LogP contribution is 2.14. The highest BCUT2D eigenvalue weighted by Gasteiger charge is 2.14. The van der Waals surface area contributed by atoms with E-state index >= 15 is 0 Å². The van der Waals surface area contributed by atoms with E-state index in [1.165, 1.54) is 22.8 Å². The van der Waals surface area contributed by atoms with Gasteiger partial charge in [0.25, 0.3) is 5.56 Å². The van der Waals surface area contributed by atoms with Gasteiger partial charge in [0.2, 0.25) is 11.8 Å². The molecule has 0 bridgehead atoms. The Morgan fingerprint density at radius 3 is 2.51 bits per heavy atom. The molecule has 10 nitrogen and oxygen atoms in total. The molecule has 2 amide bonds. The number of imidazole rings is 1. The molecule has 186 valence electrons. The number of carbonyl (C=O) groups excluding carboxylic acids is 2. The van der Waals surface area contributed by atoms with Gasteiger partial charge in [0, 0.05) is 18.0 Å². The molecule has 0 fully saturated rings. The van der Waals surface area contributed by atoms with Gasteiger partial charge in [-0.3, -0.25) is 14.4 Å². The zero-order valence-electron chi connectivity index (χ0n) is 19.8. The summed E-state index contributed by atoms with van der Waals surface area (Å²) >= 11 is 1.41. The van der Waals surface area contributed by atoms with E-state index in [1.54, 1.807) is 30.5 Å². The average molecular weight is 499 g/mol. The SMILES string of the molecule is Cc1ncn(CC(=O)NCCO)c1CNC(=O)Cn1c(C)ccc(NSCc2ccccc2)c1=O. The van der Waals surface area contributed by atoms with Crippen LogP contribution in [0.2, 0.25) is 0 Å². The Labute approximate surface area is 207 Å². The van der Waals surface area contributed by atoms with Crippen LogP contribution in [0.5, 0.6) is 0 Å². The van der Waals surface area contributed by atoms with E-state index in [-0.39, 0.29) is 50.2 Å². The Morgan fingerprint density at radius 2 is 1.77 bits per heavy atom. The van der Waals surface area contributed by atoms with Crippen molar-refractivity contribution in [3.05, 3.63) is 81.8 Å². The molecule has 0 radical (unpaired) electrons. The number of aliphatic hydroxyl groups excluding tert-OH is 1. The van der Waals surface area contributed by atoms with E-state index < -0.39 is 0 Å². The lowest BCUT2D eigenvalue weighted by Gasteiger charge is -2.14. The highest BCUT2D eigenvalue weighted by atomic mass is 32.2. The summed E-state index contributed by atoms with van der Waals surface area (Å²) in [7, 11) is 0. The van der Waals surface area contributed by atoms with Gasteiger partial charge in [-0.05, 0) is 43.5 Å². The molecule has 0 saturated carbocycles. The quantitative estimate of drug-likeness (QED) is 0.277. The third-order valence-corrected chi connectivity index (χ3v) is 6.16. The second-order valence-corrected chi connectivity index (χ2v) is 8.69. The van der Waals surface area contributed by atoms with E-state index in [0.29, 0.717) is 28.5 Å². The molecule has 1 aromatic carbocycles. The molecule has 3 aromatic rings. The minimum absolute atomic E-state index is 0.0268. The molecule has 4 N–H and O–H groups in total. The molecule has 0 aliphatic heterocycles. The number of rotatable bonds is 12. The van der Waals surface area contributed by atoms with E-state index in [2.05, 4.69) is 20.3 Å². The van der Waals surface area contributed by atoms with Crippen LogP contribution < -0.4 is 20.9 Å². The number of aliphatic hydroxyl groups is 1. The zero-order chi connectivity index (χ0) is 25.2. The van der Waals surface area contributed by atoms with Gasteiger partial charge in [0.1, 0.15) is 18.8 Å². The first-order valence-corrected chi connectivity index (χ1v) is 12.1. The van der Waals surface area contributed by atoms with Crippen LogP contribution in [0.4, 0.5) is 5.69 Å². The zero-order valence-corrected chi connectivity index (χ0v) is 20.6. The largest absolute Gasteiger partial charge is 0.395 e. The van der Waals surface area contributed by atoms with Crippen LogP contribution in [0, 0.1) is 13.8 Å². The normalized spacial score (nSPS) is 10.7. The summed E-state index contributed by atoms with van der Waals surface area (Å²) in [5, 5.41) is 14.2. The van der Waals surface area contributed by atoms with Gasteiger partial charge in [-0.25, -0.2) is 4.98 Å². The van der Waals surface area contributed by atoms with Crippen LogP contribution >= 0.6 is 11.9 Å². The number of carbonyl (C=O) groups is 2. The third-order valence-electron chi connectivity index (χ3n) is 5.31. The summed E-state index contributed by atoms with van der Waals surface area (Å²) in [6, 6.07) is 13.4. The number of nitrogens with zero attached hydrogens (tertiary/aromatic N) is 3. The lowest BCUT2D eigenvalue weighted by Crippen LogP contribution is -2.34. The minimum Gasteiger partial charge on any atom is -0.395 e. The van der Waals surface area contributed by atoms with E-state index in [4.69, 9.17) is 5.11 Å². The summed E-state index contributed by atoms with van der Waals surface area (Å²) in [6.45, 7) is 3.66. The van der Waals surface area contributed by atoms with Gasteiger partial charge in [0.15, 0.2) is 0 Å². The van der Waals surface area contributed by atoms with Crippen LogP contribution in [0.3, 0.4) is 0 Å². The number of nitrogens with one attached hydrogen (secondary N) is 3. The number of hydrogen-bond acceptors (Lipinski definition) is 7. The smallest absolute Gasteiger partial charge is 0.275 e. The summed E-state index contributed by atoms with van der Waals surface area (Å²) < 4.78 is 6.16. The predicted octanol–water partition coefficient (Wildman–Crippen LogP) is 1.35. The number of aryl methyl sites for hydroxylation is 2. The van der Waals surface area contributed by atoms with Crippen molar-refractivity contribution in [2.45, 2.75) is 39.2 Å². The molecule has 0 aliphatic rings. The van der Waals surface area contributed by atoms with Gasteiger partial charge in [0.05, 0.1) is 30.9 Å². The molecular formula is C24H30N6O4S. The lowest BCUT2D eigenvalue weighted by atomic mass is 10.2. The van der Waals surface area contributed by atoms with Crippen molar-refractivity contribution < 1.29 is 14.7 Å². The first kappa shape index (κ1) is 26.0. The first-order valence-electron chi connectivity index (χ1n) is 11.2. The van der Waals surface area contributed by atoms with Gasteiger partial charge >= 0.3 is 0 Å². The van der Waals surface area contributed by atoms with Gasteiger partial charge < -0.3 is 29.6 Å². The number of amides is 2. The summed E-state index contributed by atoms with van der Waals surface area (Å²) in [6.07, 6.45) is 1.53. The molecule has 2 aromatic heterocycles. The molecule has 0 saturated heterocycles. The van der Waals surface area contributed by atoms with Crippen molar-refractivity contribution in [3.63, 3.8) is 0 Å². The molecule has 0 aliphatic carbocycles. The Balaban J connectivity index is 1.59. The first-order chi connectivity index (χ1) is 16.9. The molecule has 35 heavy (non-hydrogen) atoms. The second kappa shape index (κ2) is 12.8. The Hall–Kier alpha value is -3.57. The van der Waals surface area contributed by atoms with Gasteiger partial charge in [-0.2, -0.15) is 0 Å². The molecule has 0 spiro atoms. The summed E-state index contributed by atoms with van der Waals surface area (Å²) in [5.41, 5.74) is 3.32. The maximum absolute atomic E-state index is 12.9. The van der Waals surface area contributed by atoms with Gasteiger partial charge in [-0.15, -0.1) is 0 Å². The highest BCUT2D eigenvalue weighted by molar-refractivity contribution is 7.99. The van der Waals surface area contributed by atoms with Crippen molar-refractivity contribution in [1.82, 2.24) is 24.8 Å². The van der Waals surface area contributed by atoms with Crippen LogP contribution in [-0.2, 0) is 35.0 Å². The molecule has 3 rings (SSSR count). The molecule has 2 heterocycles. The van der Waals surface area contributed by atoms with E-state index in [1.807, 2.05) is 30.3 Å². The van der Waals surface area contributed by atoms with Crippen LogP contribution in [0.1, 0.15) is 22.6 Å². The van der Waals surface area contributed by atoms with Crippen LogP contribution in [0.15, 0.2) is 53.6 Å². The maximum atomic E-state index is 12.9. The third kappa shape index (κ3) is 7.46. The molecule has 11 heteroatoms. The van der Waals surface area contributed by atoms with Crippen molar-refractivity contribution >= 4 is 29.4 Å². The number of hydrogen-bond donors (Lipinski definition) is 4. The fourth-order valence-electron chi connectivity index (χ4n) is 3.38. The number of benzene rings is 1. The van der Waals surface area contributed by atoms with Crippen LogP contribution in [-0.4, -0.2) is 44.2 Å². The topological polar surface area (TPSA) is 130 Å². The van der Waals surface area contributed by atoms with Crippen molar-refractivity contribution in [2.75, 3.05) is 17.9 Å². The molecular weight excluding hydrogens is 468 g/mol. The van der Waals surface area contributed by atoms with Crippen molar-refractivity contribution in [3.8, 4) is 0 Å². The fourth-order valence-corrected chi connectivity index (χ4v) is 4.12. The maximum Gasteiger partial charge on any atom is 0.275 e. The Bertz CT molecular complexity index is 1210. The standard InChI is InChI=1S/C24H30N6O4S/c1-17-8-9-20(28-35-15-19-6-4-3-5-7-19)24(34)30(17)14-23(33)26-12-21-18(2)27-16-29(21)13-22(32)25-10-11-31/h3-9,16,28,31H,10-15H2,1-2H3,(H,25,32)(H,26,33). The fraction of sp³-hybridized carbons (Fsp3) is 0.333. The average Bonchev–Trinajstić information content (AvgIpc) is 3.19. The summed E-state index contributed by atoms with van der Waals surface area (Å²) in [5.74, 6) is 0.0986. The van der Waals surface area contributed by atoms with E-state index in [9.17, 15) is 14.4 Å². The van der Waals surface area contributed by atoms with E-state index in [0.717, 1.165) is 5.56 Å². The number of anilines is 1. The molecule has 0 unspecified atom stereocenters. The monoisotopic (exact) mass is 498 g/mol. The van der Waals surface area contributed by atoms with Gasteiger partial charge in [-0.1, -0.05) is 30.3 Å². The second-order valence-electron chi connectivity index (χ2n) is 7.91. The molecule has 0 atom stereocenters. The van der Waals surface area contributed by atoms with Crippen molar-refractivity contribution in [1.29, 1.82) is 0 Å². The minimum atomic E-state index is -0.332.